The first kappa shape index (κ1) is 26.7. The Balaban J connectivity index is 1.17. The molecule has 0 spiro atoms. The van der Waals surface area contributed by atoms with Crippen LogP contribution in [-0.2, 0) is 16.0 Å². The minimum absolute atomic E-state index is 0.204. The summed E-state index contributed by atoms with van der Waals surface area (Å²) in [4.78, 5) is 36.1. The Morgan fingerprint density at radius 1 is 1.05 bits per heavy atom. The van der Waals surface area contributed by atoms with Gasteiger partial charge < -0.3 is 20.0 Å². The monoisotopic (exact) mass is 504 g/mol. The molecule has 2 saturated heterocycles. The number of pyridine rings is 1. The zero-order valence-corrected chi connectivity index (χ0v) is 22.2. The third-order valence-corrected chi connectivity index (χ3v) is 7.68. The average molecular weight is 505 g/mol. The number of nitrogens with zero attached hydrogens (tertiary/aromatic N) is 5. The number of aryl methyl sites for hydroxylation is 1. The number of carbonyl (C=O) groups is 1. The molecule has 37 heavy (non-hydrogen) atoms. The molecule has 2 aromatic rings. The van der Waals surface area contributed by atoms with Gasteiger partial charge >= 0.3 is 0 Å². The van der Waals surface area contributed by atoms with Gasteiger partial charge in [0.15, 0.2) is 0 Å². The highest BCUT2D eigenvalue weighted by atomic mass is 16.1. The minimum Gasteiger partial charge on any atom is -0.373 e. The van der Waals surface area contributed by atoms with E-state index in [0.29, 0.717) is 13.0 Å². The van der Waals surface area contributed by atoms with Gasteiger partial charge in [-0.2, -0.15) is 0 Å². The van der Waals surface area contributed by atoms with Crippen LogP contribution < -0.4 is 20.0 Å². The van der Waals surface area contributed by atoms with Gasteiger partial charge in [0.1, 0.15) is 11.8 Å². The first-order valence-corrected chi connectivity index (χ1v) is 13.5. The Bertz CT molecular complexity index is 1040. The SMILES string of the molecule is CCc1ccc(N2CCC(CN3CCN(c4ccc(N(C)CCC(=O)NC=C=O)cn4)CC3)CC2)cc1. The number of anilines is 3. The van der Waals surface area contributed by atoms with E-state index >= 15 is 0 Å². The molecular weight excluding hydrogens is 464 g/mol. The molecule has 2 aliphatic heterocycles. The molecule has 1 N–H and O–H groups in total. The summed E-state index contributed by atoms with van der Waals surface area (Å²) in [7, 11) is 1.94. The quantitative estimate of drug-likeness (QED) is 0.499. The number of nitrogens with one attached hydrogen (secondary N) is 1. The molecule has 4 rings (SSSR count). The van der Waals surface area contributed by atoms with E-state index in [1.54, 1.807) is 5.94 Å². The summed E-state index contributed by atoms with van der Waals surface area (Å²) in [5, 5.41) is 2.39. The highest BCUT2D eigenvalue weighted by Gasteiger charge is 2.24. The number of amides is 1. The lowest BCUT2D eigenvalue weighted by Crippen LogP contribution is -2.49. The fourth-order valence-electron chi connectivity index (χ4n) is 5.21. The van der Waals surface area contributed by atoms with Crippen LogP contribution in [0.4, 0.5) is 17.2 Å². The molecule has 0 saturated carbocycles. The topological polar surface area (TPSA) is 72.0 Å². The maximum Gasteiger partial charge on any atom is 0.226 e. The first-order chi connectivity index (χ1) is 18.1. The molecule has 0 bridgehead atoms. The van der Waals surface area contributed by atoms with Crippen LogP contribution in [0, 0.1) is 5.92 Å². The molecule has 3 heterocycles. The molecule has 1 aromatic carbocycles. The summed E-state index contributed by atoms with van der Waals surface area (Å²) in [6.07, 6.45) is 6.79. The number of rotatable bonds is 10. The van der Waals surface area contributed by atoms with E-state index in [2.05, 4.69) is 63.3 Å². The molecule has 198 valence electrons. The normalized spacial score (nSPS) is 16.8. The highest BCUT2D eigenvalue weighted by Crippen LogP contribution is 2.25. The maximum atomic E-state index is 11.7. The molecule has 8 nitrogen and oxygen atoms in total. The van der Waals surface area contributed by atoms with Gasteiger partial charge in [0.05, 0.1) is 18.1 Å². The van der Waals surface area contributed by atoms with Gasteiger partial charge in [-0.05, 0) is 55.0 Å². The average Bonchev–Trinajstić information content (AvgIpc) is 2.96. The smallest absolute Gasteiger partial charge is 0.226 e. The van der Waals surface area contributed by atoms with Crippen molar-refractivity contribution < 1.29 is 9.59 Å². The Kier molecular flexibility index (Phi) is 9.58. The number of aromatic nitrogens is 1. The molecule has 2 fully saturated rings. The van der Waals surface area contributed by atoms with Gasteiger partial charge in [-0.15, -0.1) is 0 Å². The van der Waals surface area contributed by atoms with Crippen LogP contribution in [0.1, 0.15) is 31.7 Å². The summed E-state index contributed by atoms with van der Waals surface area (Å²) in [6, 6.07) is 13.2. The second kappa shape index (κ2) is 13.3. The maximum absolute atomic E-state index is 11.7. The Morgan fingerprint density at radius 3 is 2.41 bits per heavy atom. The number of piperidine rings is 1. The van der Waals surface area contributed by atoms with Crippen LogP contribution in [0.25, 0.3) is 0 Å². The van der Waals surface area contributed by atoms with Gasteiger partial charge in [-0.3, -0.25) is 9.69 Å². The van der Waals surface area contributed by atoms with Gasteiger partial charge in [0, 0.05) is 71.5 Å². The van der Waals surface area contributed by atoms with Crippen molar-refractivity contribution in [3.8, 4) is 0 Å². The second-order valence-corrected chi connectivity index (χ2v) is 10.1. The van der Waals surface area contributed by atoms with Crippen LogP contribution >= 0.6 is 0 Å². The lowest BCUT2D eigenvalue weighted by Gasteiger charge is -2.39. The van der Waals surface area contributed by atoms with E-state index in [1.165, 1.54) is 30.6 Å². The molecule has 0 radical (unpaired) electrons. The summed E-state index contributed by atoms with van der Waals surface area (Å²) in [5.41, 5.74) is 3.74. The zero-order chi connectivity index (χ0) is 26.0. The summed E-state index contributed by atoms with van der Waals surface area (Å²) in [5.74, 6) is 3.13. The van der Waals surface area contributed by atoms with Crippen molar-refractivity contribution >= 4 is 29.0 Å². The van der Waals surface area contributed by atoms with Gasteiger partial charge in [0.25, 0.3) is 0 Å². The number of hydrogen-bond acceptors (Lipinski definition) is 7. The van der Waals surface area contributed by atoms with E-state index in [4.69, 9.17) is 4.98 Å². The van der Waals surface area contributed by atoms with Gasteiger partial charge in [0.2, 0.25) is 5.91 Å². The predicted molar refractivity (Wildman–Crippen MR) is 150 cm³/mol. The van der Waals surface area contributed by atoms with Crippen molar-refractivity contribution in [1.29, 1.82) is 0 Å². The molecule has 0 aliphatic carbocycles. The van der Waals surface area contributed by atoms with E-state index < -0.39 is 0 Å². The third-order valence-electron chi connectivity index (χ3n) is 7.68. The fourth-order valence-corrected chi connectivity index (χ4v) is 5.21. The lowest BCUT2D eigenvalue weighted by atomic mass is 9.95. The highest BCUT2D eigenvalue weighted by molar-refractivity contribution is 5.78. The minimum atomic E-state index is -0.204. The lowest BCUT2D eigenvalue weighted by molar-refractivity contribution is -0.119. The third kappa shape index (κ3) is 7.57. The van der Waals surface area contributed by atoms with Crippen LogP contribution in [0.15, 0.2) is 48.8 Å². The first-order valence-electron chi connectivity index (χ1n) is 13.5. The standard InChI is InChI=1S/C29H40N6O2/c1-3-24-4-6-26(7-5-24)34-15-10-25(11-16-34)23-33-17-19-35(20-18-33)28-9-8-27(22-31-28)32(2)14-12-29(37)30-13-21-36/h4-9,13,22,25H,3,10-12,14-20,23H2,1-2H3,(H,30,37). The van der Waals surface area contributed by atoms with Crippen molar-refractivity contribution in [2.45, 2.75) is 32.6 Å². The van der Waals surface area contributed by atoms with Crippen molar-refractivity contribution in [3.05, 3.63) is 54.4 Å². The van der Waals surface area contributed by atoms with Crippen molar-refractivity contribution in [2.24, 2.45) is 5.92 Å². The predicted octanol–water partition coefficient (Wildman–Crippen LogP) is 2.97. The molecule has 8 heteroatoms. The summed E-state index contributed by atoms with van der Waals surface area (Å²) in [6.45, 7) is 10.4. The molecule has 1 aromatic heterocycles. The van der Waals surface area contributed by atoms with Gasteiger partial charge in [-0.25, -0.2) is 9.78 Å². The number of carbonyl (C=O) groups excluding carboxylic acids is 2. The Hall–Kier alpha value is -3.35. The number of hydrogen-bond donors (Lipinski definition) is 1. The Morgan fingerprint density at radius 2 is 1.78 bits per heavy atom. The summed E-state index contributed by atoms with van der Waals surface area (Å²) >= 11 is 0. The van der Waals surface area contributed by atoms with Crippen molar-refractivity contribution in [2.75, 3.05) is 74.1 Å². The van der Waals surface area contributed by atoms with Crippen LogP contribution in [-0.4, -0.2) is 81.1 Å². The van der Waals surface area contributed by atoms with Crippen molar-refractivity contribution in [1.82, 2.24) is 15.2 Å². The zero-order valence-electron chi connectivity index (χ0n) is 22.2. The molecule has 0 unspecified atom stereocenters. The van der Waals surface area contributed by atoms with Crippen LogP contribution in [0.3, 0.4) is 0 Å². The fraction of sp³-hybridized carbons (Fsp3) is 0.517. The molecular formula is C29H40N6O2. The van der Waals surface area contributed by atoms with E-state index in [-0.39, 0.29) is 5.91 Å². The van der Waals surface area contributed by atoms with Gasteiger partial charge in [-0.1, -0.05) is 19.1 Å². The second-order valence-electron chi connectivity index (χ2n) is 10.1. The molecule has 2 aliphatic rings. The van der Waals surface area contributed by atoms with Crippen LogP contribution in [0.2, 0.25) is 0 Å². The van der Waals surface area contributed by atoms with E-state index in [9.17, 15) is 9.59 Å². The molecule has 1 amide bonds. The number of piperazine rings is 1. The van der Waals surface area contributed by atoms with E-state index in [1.807, 2.05) is 18.1 Å². The van der Waals surface area contributed by atoms with Crippen molar-refractivity contribution in [3.63, 3.8) is 0 Å². The van der Waals surface area contributed by atoms with E-state index in [0.717, 1.165) is 69.3 Å². The summed E-state index contributed by atoms with van der Waals surface area (Å²) < 4.78 is 0. The van der Waals surface area contributed by atoms with Crippen LogP contribution in [0.5, 0.6) is 0 Å². The molecule has 0 atom stereocenters. The number of benzene rings is 1. The largest absolute Gasteiger partial charge is 0.373 e. The Labute approximate surface area is 220 Å².